The molecule has 0 aliphatic heterocycles. The highest BCUT2D eigenvalue weighted by molar-refractivity contribution is 7.92. The minimum absolute atomic E-state index is 0.0293. The number of hydrogen-bond acceptors (Lipinski definition) is 4. The van der Waals surface area contributed by atoms with Crippen molar-refractivity contribution in [3.05, 3.63) is 99.0 Å². The van der Waals surface area contributed by atoms with Crippen LogP contribution in [0.1, 0.15) is 36.8 Å². The van der Waals surface area contributed by atoms with E-state index in [2.05, 4.69) is 5.32 Å². The summed E-state index contributed by atoms with van der Waals surface area (Å²) in [7, 11) is -3.97. The zero-order chi connectivity index (χ0) is 29.6. The van der Waals surface area contributed by atoms with Crippen LogP contribution in [0, 0.1) is 0 Å². The van der Waals surface area contributed by atoms with Gasteiger partial charge in [0.25, 0.3) is 0 Å². The highest BCUT2D eigenvalue weighted by Crippen LogP contribution is 2.31. The summed E-state index contributed by atoms with van der Waals surface area (Å²) in [6.45, 7) is -0.544. The van der Waals surface area contributed by atoms with E-state index in [0.717, 1.165) is 41.8 Å². The largest absolute Gasteiger partial charge is 0.352 e. The van der Waals surface area contributed by atoms with Gasteiger partial charge in [-0.05, 0) is 54.3 Å². The fourth-order valence-electron chi connectivity index (χ4n) is 5.03. The third-order valence-corrected chi connectivity index (χ3v) is 8.99. The highest BCUT2D eigenvalue weighted by atomic mass is 35.5. The Balaban J connectivity index is 1.74. The number of amides is 2. The van der Waals surface area contributed by atoms with Crippen molar-refractivity contribution in [3.63, 3.8) is 0 Å². The van der Waals surface area contributed by atoms with Crippen LogP contribution in [0.3, 0.4) is 0 Å². The Bertz CT molecular complexity index is 1480. The number of carbonyl (C=O) groups excluding carboxylic acids is 2. The minimum atomic E-state index is -3.97. The summed E-state index contributed by atoms with van der Waals surface area (Å²) in [5, 5.41) is 4.00. The Morgan fingerprint density at radius 1 is 0.902 bits per heavy atom. The Hall–Kier alpha value is -2.78. The van der Waals surface area contributed by atoms with Crippen molar-refractivity contribution in [2.24, 2.45) is 0 Å². The van der Waals surface area contributed by atoms with Crippen LogP contribution in [0.4, 0.5) is 5.69 Å². The molecule has 2 amide bonds. The van der Waals surface area contributed by atoms with Crippen molar-refractivity contribution in [2.45, 2.75) is 50.7 Å². The summed E-state index contributed by atoms with van der Waals surface area (Å²) >= 11 is 18.8. The lowest BCUT2D eigenvalue weighted by molar-refractivity contribution is -0.140. The molecule has 0 unspecified atom stereocenters. The number of carbonyl (C=O) groups is 2. The molecule has 0 spiro atoms. The lowest BCUT2D eigenvalue weighted by atomic mass is 10.0. The number of nitrogens with zero attached hydrogens (tertiary/aromatic N) is 2. The molecule has 11 heteroatoms. The molecule has 3 aromatic rings. The molecule has 1 N–H and O–H groups in total. The van der Waals surface area contributed by atoms with Crippen molar-refractivity contribution < 1.29 is 18.0 Å². The number of rotatable bonds is 11. The van der Waals surface area contributed by atoms with Gasteiger partial charge in [-0.15, -0.1) is 0 Å². The van der Waals surface area contributed by atoms with Crippen molar-refractivity contribution >= 4 is 62.3 Å². The van der Waals surface area contributed by atoms with Gasteiger partial charge in [-0.3, -0.25) is 13.9 Å². The average molecular weight is 637 g/mol. The molecule has 41 heavy (non-hydrogen) atoms. The van der Waals surface area contributed by atoms with Crippen molar-refractivity contribution in [1.29, 1.82) is 0 Å². The molecule has 218 valence electrons. The van der Waals surface area contributed by atoms with Crippen LogP contribution < -0.4 is 9.62 Å². The lowest BCUT2D eigenvalue weighted by Crippen LogP contribution is -2.54. The van der Waals surface area contributed by atoms with Crippen molar-refractivity contribution in [2.75, 3.05) is 17.1 Å². The number of sulfonamides is 1. The molecule has 4 rings (SSSR count). The molecule has 0 saturated heterocycles. The van der Waals surface area contributed by atoms with E-state index < -0.39 is 28.5 Å². The van der Waals surface area contributed by atoms with E-state index in [9.17, 15) is 18.0 Å². The zero-order valence-corrected chi connectivity index (χ0v) is 25.7. The lowest BCUT2D eigenvalue weighted by Gasteiger charge is -2.34. The predicted molar refractivity (Wildman–Crippen MR) is 165 cm³/mol. The Morgan fingerprint density at radius 3 is 2.22 bits per heavy atom. The van der Waals surface area contributed by atoms with Crippen LogP contribution in [0.15, 0.2) is 72.8 Å². The molecular formula is C30H32Cl3N3O4S. The normalized spacial score (nSPS) is 14.4. The average Bonchev–Trinajstić information content (AvgIpc) is 3.43. The monoisotopic (exact) mass is 635 g/mol. The van der Waals surface area contributed by atoms with Gasteiger partial charge in [0.05, 0.1) is 17.0 Å². The van der Waals surface area contributed by atoms with Crippen molar-refractivity contribution in [1.82, 2.24) is 10.2 Å². The molecule has 1 aliphatic carbocycles. The van der Waals surface area contributed by atoms with E-state index >= 15 is 0 Å². The van der Waals surface area contributed by atoms with Crippen molar-refractivity contribution in [3.8, 4) is 0 Å². The number of halogens is 3. The van der Waals surface area contributed by atoms with Gasteiger partial charge in [0.1, 0.15) is 12.6 Å². The first-order valence-electron chi connectivity index (χ1n) is 13.3. The first-order valence-corrected chi connectivity index (χ1v) is 16.3. The van der Waals surface area contributed by atoms with Gasteiger partial charge in [0, 0.05) is 29.1 Å². The van der Waals surface area contributed by atoms with E-state index in [1.165, 1.54) is 23.1 Å². The third-order valence-electron chi connectivity index (χ3n) is 7.07. The van der Waals surface area contributed by atoms with Crippen LogP contribution >= 0.6 is 34.8 Å². The second-order valence-electron chi connectivity index (χ2n) is 10.2. The maximum atomic E-state index is 14.2. The first-order chi connectivity index (χ1) is 19.5. The third kappa shape index (κ3) is 8.61. The molecule has 0 aromatic heterocycles. The van der Waals surface area contributed by atoms with Gasteiger partial charge in [-0.1, -0.05) is 90.1 Å². The first kappa shape index (κ1) is 31.2. The second kappa shape index (κ2) is 13.9. The number of benzene rings is 3. The standard InChI is InChI=1S/C30H32Cl3N3O4S/c1-41(39,40)36(27-18-24(32)14-15-26(27)33)20-29(37)35(19-22-10-7-11-23(31)16-22)28(17-21-8-3-2-4-9-21)30(38)34-25-12-5-6-13-25/h2-4,7-11,14-16,18,25,28H,5-6,12-13,17,19-20H2,1H3,(H,34,38)/t28-/m0/s1. The van der Waals surface area contributed by atoms with Gasteiger partial charge in [-0.25, -0.2) is 8.42 Å². The molecule has 0 radical (unpaired) electrons. The molecular weight excluding hydrogens is 605 g/mol. The van der Waals surface area contributed by atoms with Crippen LogP contribution in [0.5, 0.6) is 0 Å². The van der Waals surface area contributed by atoms with Crippen LogP contribution in [-0.2, 0) is 32.6 Å². The second-order valence-corrected chi connectivity index (χ2v) is 13.4. The summed E-state index contributed by atoms with van der Waals surface area (Å²) in [6, 6.07) is 19.9. The Morgan fingerprint density at radius 2 is 1.56 bits per heavy atom. The number of anilines is 1. The molecule has 1 aliphatic rings. The maximum Gasteiger partial charge on any atom is 0.244 e. The summed E-state index contributed by atoms with van der Waals surface area (Å²) in [4.78, 5) is 29.4. The summed E-state index contributed by atoms with van der Waals surface area (Å²) < 4.78 is 26.8. The number of nitrogens with one attached hydrogen (secondary N) is 1. The molecule has 1 fully saturated rings. The van der Waals surface area contributed by atoms with E-state index in [-0.39, 0.29) is 40.6 Å². The van der Waals surface area contributed by atoms with Gasteiger partial charge in [-0.2, -0.15) is 0 Å². The van der Waals surface area contributed by atoms with E-state index in [1.54, 1.807) is 18.2 Å². The zero-order valence-electron chi connectivity index (χ0n) is 22.6. The quantitative estimate of drug-likeness (QED) is 0.275. The predicted octanol–water partition coefficient (Wildman–Crippen LogP) is 6.11. The van der Waals surface area contributed by atoms with Gasteiger partial charge < -0.3 is 10.2 Å². The van der Waals surface area contributed by atoms with Gasteiger partial charge in [0.2, 0.25) is 21.8 Å². The summed E-state index contributed by atoms with van der Waals surface area (Å²) in [5.74, 6) is -0.864. The molecule has 1 atom stereocenters. The summed E-state index contributed by atoms with van der Waals surface area (Å²) in [5.41, 5.74) is 1.64. The smallest absolute Gasteiger partial charge is 0.244 e. The minimum Gasteiger partial charge on any atom is -0.352 e. The molecule has 7 nitrogen and oxygen atoms in total. The Kier molecular flexibility index (Phi) is 10.6. The van der Waals surface area contributed by atoms with E-state index in [0.29, 0.717) is 10.6 Å². The molecule has 0 heterocycles. The SMILES string of the molecule is CS(=O)(=O)N(CC(=O)N(Cc1cccc(Cl)c1)[C@@H](Cc1ccccc1)C(=O)NC1CCCC1)c1cc(Cl)ccc1Cl. The fourth-order valence-corrected chi connectivity index (χ4v) is 6.53. The Labute approximate surface area is 256 Å². The number of hydrogen-bond donors (Lipinski definition) is 1. The van der Waals surface area contributed by atoms with E-state index in [4.69, 9.17) is 34.8 Å². The van der Waals surface area contributed by atoms with Gasteiger partial charge >= 0.3 is 0 Å². The maximum absolute atomic E-state index is 14.2. The molecule has 1 saturated carbocycles. The van der Waals surface area contributed by atoms with Crippen LogP contribution in [-0.4, -0.2) is 50.0 Å². The van der Waals surface area contributed by atoms with Crippen LogP contribution in [0.2, 0.25) is 15.1 Å². The van der Waals surface area contributed by atoms with Gasteiger partial charge in [0.15, 0.2) is 0 Å². The summed E-state index contributed by atoms with van der Waals surface area (Å²) in [6.07, 6.45) is 5.05. The van der Waals surface area contributed by atoms with E-state index in [1.807, 2.05) is 36.4 Å². The van der Waals surface area contributed by atoms with Crippen LogP contribution in [0.25, 0.3) is 0 Å². The molecule has 0 bridgehead atoms. The fraction of sp³-hybridized carbons (Fsp3) is 0.333. The topological polar surface area (TPSA) is 86.8 Å². The highest BCUT2D eigenvalue weighted by Gasteiger charge is 2.34. The molecule has 3 aromatic carbocycles.